The Balaban J connectivity index is 1.60. The topological polar surface area (TPSA) is 24.1 Å². The molecular weight excluding hydrogens is 376 g/mol. The molecule has 3 aromatic rings. The first-order valence-electron chi connectivity index (χ1n) is 11.6. The summed E-state index contributed by atoms with van der Waals surface area (Å²) in [7, 11) is 0. The van der Waals surface area contributed by atoms with Gasteiger partial charge in [-0.2, -0.15) is 0 Å². The predicted molar refractivity (Wildman–Crippen MR) is 132 cm³/mol. The Morgan fingerprint density at radius 3 is 1.58 bits per heavy atom. The van der Waals surface area contributed by atoms with Gasteiger partial charge in [-0.25, -0.2) is 0 Å². The average molecular weight is 411 g/mol. The highest BCUT2D eigenvalue weighted by Crippen LogP contribution is 2.40. The summed E-state index contributed by atoms with van der Waals surface area (Å²) in [5.74, 6) is 0.242. The summed E-state index contributed by atoms with van der Waals surface area (Å²) in [6.07, 6.45) is 2.24. The van der Waals surface area contributed by atoms with Gasteiger partial charge in [-0.05, 0) is 63.6 Å². The van der Waals surface area contributed by atoms with Crippen LogP contribution in [0.1, 0.15) is 61.4 Å². The molecule has 0 aromatic heterocycles. The minimum atomic E-state index is 0.242. The molecule has 160 valence electrons. The van der Waals surface area contributed by atoms with Gasteiger partial charge in [-0.3, -0.25) is 0 Å². The van der Waals surface area contributed by atoms with Crippen LogP contribution in [0.25, 0.3) is 0 Å². The van der Waals surface area contributed by atoms with Crippen molar-refractivity contribution in [2.24, 2.45) is 10.8 Å². The number of benzene rings is 3. The first kappa shape index (κ1) is 20.2. The van der Waals surface area contributed by atoms with Crippen molar-refractivity contribution in [3.8, 4) is 0 Å². The van der Waals surface area contributed by atoms with E-state index in [-0.39, 0.29) is 16.7 Å². The molecule has 2 nitrogen and oxygen atoms in total. The van der Waals surface area contributed by atoms with Gasteiger partial charge in [0, 0.05) is 30.4 Å². The Kier molecular flexibility index (Phi) is 4.84. The van der Waals surface area contributed by atoms with Crippen LogP contribution in [-0.4, -0.2) is 13.1 Å². The van der Waals surface area contributed by atoms with Gasteiger partial charge in [0.25, 0.3) is 0 Å². The number of fused-ring (bicyclic) bond motifs is 2. The molecule has 31 heavy (non-hydrogen) atoms. The van der Waals surface area contributed by atoms with Crippen LogP contribution in [0.2, 0.25) is 0 Å². The summed E-state index contributed by atoms with van der Waals surface area (Å²) in [6, 6.07) is 25.1. The predicted octanol–water partition coefficient (Wildman–Crippen LogP) is 6.86. The molecule has 0 bridgehead atoms. The molecule has 2 aliphatic heterocycles. The monoisotopic (exact) mass is 410 g/mol. The van der Waals surface area contributed by atoms with Gasteiger partial charge in [-0.15, -0.1) is 0 Å². The highest BCUT2D eigenvalue weighted by molar-refractivity contribution is 5.60. The number of nitrogens with one attached hydrogen (secondary N) is 2. The van der Waals surface area contributed by atoms with E-state index in [1.807, 2.05) is 0 Å². The average Bonchev–Trinajstić information content (AvgIpc) is 2.73. The highest BCUT2D eigenvalue weighted by Gasteiger charge is 2.28. The van der Waals surface area contributed by atoms with Gasteiger partial charge in [0.2, 0.25) is 0 Å². The smallest absolute Gasteiger partial charge is 0.0373 e. The van der Waals surface area contributed by atoms with Gasteiger partial charge < -0.3 is 10.6 Å². The maximum Gasteiger partial charge on any atom is 0.0373 e. The second-order valence-corrected chi connectivity index (χ2v) is 11.1. The molecule has 0 saturated heterocycles. The second-order valence-electron chi connectivity index (χ2n) is 11.1. The zero-order chi connectivity index (χ0) is 21.6. The van der Waals surface area contributed by atoms with Crippen molar-refractivity contribution in [3.63, 3.8) is 0 Å². The van der Waals surface area contributed by atoms with Crippen molar-refractivity contribution in [1.82, 2.24) is 0 Å². The lowest BCUT2D eigenvalue weighted by Crippen LogP contribution is -2.31. The zero-order valence-electron chi connectivity index (χ0n) is 19.3. The Hall–Kier alpha value is -2.74. The quantitative estimate of drug-likeness (QED) is 0.461. The van der Waals surface area contributed by atoms with Crippen molar-refractivity contribution in [1.29, 1.82) is 0 Å². The number of rotatable bonds is 3. The van der Waals surface area contributed by atoms with Gasteiger partial charge in [-0.1, -0.05) is 82.3 Å². The fraction of sp³-hybridized carbons (Fsp3) is 0.379. The molecule has 5 rings (SSSR count). The lowest BCUT2D eigenvalue weighted by atomic mass is 9.77. The van der Waals surface area contributed by atoms with E-state index in [1.54, 1.807) is 0 Å². The lowest BCUT2D eigenvalue weighted by Gasteiger charge is -2.34. The third-order valence-electron chi connectivity index (χ3n) is 6.91. The fourth-order valence-corrected chi connectivity index (χ4v) is 5.27. The molecule has 2 N–H and O–H groups in total. The van der Waals surface area contributed by atoms with Crippen LogP contribution in [0.5, 0.6) is 0 Å². The SMILES string of the molecule is CC1(C)CNc2ccc(C(c3ccccc3)c3ccc4c(c3)CC(C)(C)CN4)cc2C1. The van der Waals surface area contributed by atoms with Crippen molar-refractivity contribution in [2.45, 2.75) is 46.5 Å². The van der Waals surface area contributed by atoms with Crippen LogP contribution in [0, 0.1) is 10.8 Å². The van der Waals surface area contributed by atoms with Crippen LogP contribution in [0.4, 0.5) is 11.4 Å². The highest BCUT2D eigenvalue weighted by atomic mass is 14.9. The van der Waals surface area contributed by atoms with Crippen LogP contribution in [0.3, 0.4) is 0 Å². The Morgan fingerprint density at radius 2 is 1.10 bits per heavy atom. The summed E-state index contributed by atoms with van der Waals surface area (Å²) < 4.78 is 0. The molecule has 2 aliphatic rings. The van der Waals surface area contributed by atoms with Crippen molar-refractivity contribution in [2.75, 3.05) is 23.7 Å². The molecule has 2 heterocycles. The first-order chi connectivity index (χ1) is 14.8. The Labute approximate surface area is 187 Å². The van der Waals surface area contributed by atoms with E-state index in [4.69, 9.17) is 0 Å². The van der Waals surface area contributed by atoms with Crippen molar-refractivity contribution in [3.05, 3.63) is 94.5 Å². The third-order valence-corrected chi connectivity index (χ3v) is 6.91. The van der Waals surface area contributed by atoms with Gasteiger partial charge in [0.05, 0.1) is 0 Å². The molecule has 2 heteroatoms. The van der Waals surface area contributed by atoms with E-state index in [9.17, 15) is 0 Å². The molecule has 0 fully saturated rings. The van der Waals surface area contributed by atoms with E-state index >= 15 is 0 Å². The van der Waals surface area contributed by atoms with E-state index in [2.05, 4.69) is 105 Å². The number of hydrogen-bond donors (Lipinski definition) is 2. The zero-order valence-corrected chi connectivity index (χ0v) is 19.3. The van der Waals surface area contributed by atoms with Crippen molar-refractivity contribution >= 4 is 11.4 Å². The van der Waals surface area contributed by atoms with Gasteiger partial charge in [0.1, 0.15) is 0 Å². The minimum absolute atomic E-state index is 0.242. The second kappa shape index (κ2) is 7.44. The van der Waals surface area contributed by atoms with Crippen LogP contribution in [-0.2, 0) is 12.8 Å². The van der Waals surface area contributed by atoms with Crippen LogP contribution >= 0.6 is 0 Å². The van der Waals surface area contributed by atoms with E-state index in [0.717, 1.165) is 25.9 Å². The van der Waals surface area contributed by atoms with E-state index in [1.165, 1.54) is 39.2 Å². The Morgan fingerprint density at radius 1 is 0.613 bits per heavy atom. The summed E-state index contributed by atoms with van der Waals surface area (Å²) in [4.78, 5) is 0. The summed E-state index contributed by atoms with van der Waals surface area (Å²) in [5.41, 5.74) is 10.2. The maximum atomic E-state index is 3.64. The van der Waals surface area contributed by atoms with Gasteiger partial charge >= 0.3 is 0 Å². The first-order valence-corrected chi connectivity index (χ1v) is 11.6. The Bertz CT molecular complexity index is 1030. The molecule has 0 aliphatic carbocycles. The fourth-order valence-electron chi connectivity index (χ4n) is 5.27. The third kappa shape index (κ3) is 4.08. The standard InChI is InChI=1S/C29H34N2/c1-28(2)16-23-14-21(10-12-25(23)30-18-28)27(20-8-6-5-7-9-20)22-11-13-26-24(15-22)17-29(3,4)19-31-26/h5-15,27,30-31H,16-19H2,1-4H3. The minimum Gasteiger partial charge on any atom is -0.384 e. The molecule has 0 unspecified atom stereocenters. The number of anilines is 2. The lowest BCUT2D eigenvalue weighted by molar-refractivity contribution is 0.379. The summed E-state index contributed by atoms with van der Waals surface area (Å²) >= 11 is 0. The normalized spacial score (nSPS) is 18.5. The molecule has 0 amide bonds. The van der Waals surface area contributed by atoms with Crippen molar-refractivity contribution < 1.29 is 0 Å². The molecule has 0 saturated carbocycles. The molecule has 0 radical (unpaired) electrons. The summed E-state index contributed by atoms with van der Waals surface area (Å²) in [5, 5.41) is 7.28. The largest absolute Gasteiger partial charge is 0.384 e. The van der Waals surface area contributed by atoms with E-state index < -0.39 is 0 Å². The number of hydrogen-bond acceptors (Lipinski definition) is 2. The van der Waals surface area contributed by atoms with Crippen LogP contribution < -0.4 is 10.6 Å². The molecule has 0 spiro atoms. The molecule has 0 atom stereocenters. The van der Waals surface area contributed by atoms with Crippen LogP contribution in [0.15, 0.2) is 66.7 Å². The summed E-state index contributed by atoms with van der Waals surface area (Å²) in [6.45, 7) is 11.5. The molecular formula is C29H34N2. The molecule has 3 aromatic carbocycles. The van der Waals surface area contributed by atoms with Gasteiger partial charge in [0.15, 0.2) is 0 Å². The maximum absolute atomic E-state index is 3.64. The van der Waals surface area contributed by atoms with E-state index in [0.29, 0.717) is 0 Å².